The first kappa shape index (κ1) is 15.4. The predicted molar refractivity (Wildman–Crippen MR) is 78.9 cm³/mol. The Morgan fingerprint density at radius 3 is 2.76 bits per heavy atom. The zero-order valence-electron chi connectivity index (χ0n) is 11.8. The number of methoxy groups -OCH3 is 1. The number of urea groups is 1. The molecule has 7 heteroatoms. The summed E-state index contributed by atoms with van der Waals surface area (Å²) in [4.78, 5) is 24.8. The molecule has 2 N–H and O–H groups in total. The Balaban J connectivity index is 2.07. The largest absolute Gasteiger partial charge is 0.495 e. The molecule has 0 aliphatic carbocycles. The summed E-state index contributed by atoms with van der Waals surface area (Å²) >= 11 is 5.92. The van der Waals surface area contributed by atoms with E-state index in [2.05, 4.69) is 5.32 Å². The van der Waals surface area contributed by atoms with Gasteiger partial charge in [-0.2, -0.15) is 0 Å². The number of carboxylic acids is 1. The molecule has 2 amide bonds. The van der Waals surface area contributed by atoms with E-state index in [0.29, 0.717) is 29.4 Å². The molecule has 1 aliphatic heterocycles. The van der Waals surface area contributed by atoms with E-state index in [9.17, 15) is 9.59 Å². The monoisotopic (exact) mass is 312 g/mol. The van der Waals surface area contributed by atoms with E-state index in [0.717, 1.165) is 0 Å². The van der Waals surface area contributed by atoms with Gasteiger partial charge in [0.2, 0.25) is 0 Å². The SMILES string of the molecule is COc1cc(NC(=O)N2CCC(C(=O)O)C2C)ccc1Cl. The lowest BCUT2D eigenvalue weighted by Gasteiger charge is -2.23. The number of hydrogen-bond acceptors (Lipinski definition) is 3. The molecule has 1 aliphatic rings. The maximum absolute atomic E-state index is 12.2. The molecule has 0 saturated carbocycles. The van der Waals surface area contributed by atoms with E-state index in [1.54, 1.807) is 25.1 Å². The minimum absolute atomic E-state index is 0.323. The Morgan fingerprint density at radius 1 is 1.48 bits per heavy atom. The van der Waals surface area contributed by atoms with Gasteiger partial charge in [-0.3, -0.25) is 4.79 Å². The van der Waals surface area contributed by atoms with E-state index in [-0.39, 0.29) is 12.1 Å². The van der Waals surface area contributed by atoms with Gasteiger partial charge in [0.15, 0.2) is 0 Å². The van der Waals surface area contributed by atoms with Crippen LogP contribution in [-0.4, -0.2) is 41.7 Å². The average molecular weight is 313 g/mol. The maximum Gasteiger partial charge on any atom is 0.322 e. The number of nitrogens with one attached hydrogen (secondary N) is 1. The molecule has 1 aromatic carbocycles. The molecule has 0 bridgehead atoms. The maximum atomic E-state index is 12.2. The quantitative estimate of drug-likeness (QED) is 0.899. The van der Waals surface area contributed by atoms with Crippen molar-refractivity contribution in [3.63, 3.8) is 0 Å². The number of aliphatic carboxylic acids is 1. The average Bonchev–Trinajstić information content (AvgIpc) is 2.83. The second kappa shape index (κ2) is 6.22. The number of halogens is 1. The second-order valence-corrected chi connectivity index (χ2v) is 5.35. The molecule has 1 fully saturated rings. The number of ether oxygens (including phenoxy) is 1. The van der Waals surface area contributed by atoms with Gasteiger partial charge in [0.25, 0.3) is 0 Å². The van der Waals surface area contributed by atoms with Gasteiger partial charge in [-0.1, -0.05) is 11.6 Å². The van der Waals surface area contributed by atoms with Crippen molar-refractivity contribution in [1.29, 1.82) is 0 Å². The highest BCUT2D eigenvalue weighted by molar-refractivity contribution is 6.32. The molecule has 114 valence electrons. The van der Waals surface area contributed by atoms with Crippen LogP contribution in [-0.2, 0) is 4.79 Å². The number of likely N-dealkylation sites (tertiary alicyclic amines) is 1. The lowest BCUT2D eigenvalue weighted by Crippen LogP contribution is -2.40. The number of rotatable bonds is 3. The third-order valence-electron chi connectivity index (χ3n) is 3.74. The minimum Gasteiger partial charge on any atom is -0.495 e. The van der Waals surface area contributed by atoms with Crippen molar-refractivity contribution in [3.8, 4) is 5.75 Å². The molecule has 21 heavy (non-hydrogen) atoms. The smallest absolute Gasteiger partial charge is 0.322 e. The van der Waals surface area contributed by atoms with Crippen LogP contribution in [0.5, 0.6) is 5.75 Å². The molecule has 2 unspecified atom stereocenters. The molecule has 1 aromatic rings. The van der Waals surface area contributed by atoms with Gasteiger partial charge in [-0.05, 0) is 25.5 Å². The first-order chi connectivity index (χ1) is 9.93. The lowest BCUT2D eigenvalue weighted by molar-refractivity contribution is -0.142. The summed E-state index contributed by atoms with van der Waals surface area (Å²) in [5, 5.41) is 12.3. The zero-order chi connectivity index (χ0) is 15.6. The van der Waals surface area contributed by atoms with Crippen molar-refractivity contribution in [2.75, 3.05) is 19.0 Å². The van der Waals surface area contributed by atoms with Crippen molar-refractivity contribution in [2.24, 2.45) is 5.92 Å². The topological polar surface area (TPSA) is 78.9 Å². The summed E-state index contributed by atoms with van der Waals surface area (Å²) in [6, 6.07) is 4.25. The van der Waals surface area contributed by atoms with Crippen molar-refractivity contribution >= 4 is 29.3 Å². The summed E-state index contributed by atoms with van der Waals surface area (Å²) in [7, 11) is 1.49. The van der Waals surface area contributed by atoms with Gasteiger partial charge >= 0.3 is 12.0 Å². The van der Waals surface area contributed by atoms with Gasteiger partial charge in [-0.25, -0.2) is 4.79 Å². The van der Waals surface area contributed by atoms with Crippen molar-refractivity contribution in [1.82, 2.24) is 4.90 Å². The third kappa shape index (κ3) is 3.21. The highest BCUT2D eigenvalue weighted by Crippen LogP contribution is 2.29. The summed E-state index contributed by atoms with van der Waals surface area (Å²) in [6.07, 6.45) is 0.466. The van der Waals surface area contributed by atoms with Crippen LogP contribution in [0.4, 0.5) is 10.5 Å². The van der Waals surface area contributed by atoms with E-state index in [1.165, 1.54) is 12.0 Å². The van der Waals surface area contributed by atoms with Gasteiger partial charge in [0, 0.05) is 24.3 Å². The molecule has 1 heterocycles. The number of benzene rings is 1. The van der Waals surface area contributed by atoms with Gasteiger partial charge in [-0.15, -0.1) is 0 Å². The summed E-state index contributed by atoms with van der Waals surface area (Å²) in [5.74, 6) is -0.922. The number of nitrogens with zero attached hydrogens (tertiary/aromatic N) is 1. The number of hydrogen-bond donors (Lipinski definition) is 2. The Labute approximate surface area is 127 Å². The van der Waals surface area contributed by atoms with Gasteiger partial charge < -0.3 is 20.1 Å². The molecular formula is C14H17ClN2O4. The fraction of sp³-hybridized carbons (Fsp3) is 0.429. The summed E-state index contributed by atoms with van der Waals surface area (Å²) in [6.45, 7) is 2.17. The molecule has 0 spiro atoms. The van der Waals surface area contributed by atoms with Crippen molar-refractivity contribution in [3.05, 3.63) is 23.2 Å². The molecule has 2 rings (SSSR count). The predicted octanol–water partition coefficient (Wildman–Crippen LogP) is 2.68. The summed E-state index contributed by atoms with van der Waals surface area (Å²) in [5.41, 5.74) is 0.548. The van der Waals surface area contributed by atoms with E-state index >= 15 is 0 Å². The first-order valence-corrected chi connectivity index (χ1v) is 6.95. The number of anilines is 1. The number of carbonyl (C=O) groups is 2. The highest BCUT2D eigenvalue weighted by Gasteiger charge is 2.38. The van der Waals surface area contributed by atoms with Crippen LogP contribution < -0.4 is 10.1 Å². The first-order valence-electron chi connectivity index (χ1n) is 6.58. The van der Waals surface area contributed by atoms with Crippen molar-refractivity contribution < 1.29 is 19.4 Å². The normalized spacial score (nSPS) is 21.2. The fourth-order valence-corrected chi connectivity index (χ4v) is 2.68. The number of carbonyl (C=O) groups excluding carboxylic acids is 1. The van der Waals surface area contributed by atoms with Crippen LogP contribution in [0.15, 0.2) is 18.2 Å². The van der Waals surface area contributed by atoms with Crippen LogP contribution in [0, 0.1) is 5.92 Å². The zero-order valence-corrected chi connectivity index (χ0v) is 12.6. The Kier molecular flexibility index (Phi) is 4.57. The van der Waals surface area contributed by atoms with Gasteiger partial charge in [0.1, 0.15) is 5.75 Å². The highest BCUT2D eigenvalue weighted by atomic mass is 35.5. The number of carboxylic acid groups (broad SMARTS) is 1. The van der Waals surface area contributed by atoms with Crippen LogP contribution >= 0.6 is 11.6 Å². The van der Waals surface area contributed by atoms with Crippen LogP contribution in [0.2, 0.25) is 5.02 Å². The molecule has 2 atom stereocenters. The standard InChI is InChI=1S/C14H17ClN2O4/c1-8-10(13(18)19)5-6-17(8)14(20)16-9-3-4-11(15)12(7-9)21-2/h3-4,7-8,10H,5-6H2,1-2H3,(H,16,20)(H,18,19). The van der Waals surface area contributed by atoms with Crippen LogP contribution in [0.25, 0.3) is 0 Å². The summed E-state index contributed by atoms with van der Waals surface area (Å²) < 4.78 is 5.09. The molecule has 6 nitrogen and oxygen atoms in total. The molecule has 1 saturated heterocycles. The Morgan fingerprint density at radius 2 is 2.19 bits per heavy atom. The van der Waals surface area contributed by atoms with Crippen LogP contribution in [0.3, 0.4) is 0 Å². The molecule has 0 radical (unpaired) electrons. The molecule has 0 aromatic heterocycles. The number of amides is 2. The minimum atomic E-state index is -0.869. The third-order valence-corrected chi connectivity index (χ3v) is 4.05. The van der Waals surface area contributed by atoms with E-state index in [1.807, 2.05) is 0 Å². The molecular weight excluding hydrogens is 296 g/mol. The Hall–Kier alpha value is -1.95. The van der Waals surface area contributed by atoms with E-state index < -0.39 is 11.9 Å². The Bertz CT molecular complexity index is 564. The second-order valence-electron chi connectivity index (χ2n) is 4.95. The van der Waals surface area contributed by atoms with E-state index in [4.69, 9.17) is 21.4 Å². The van der Waals surface area contributed by atoms with Crippen molar-refractivity contribution in [2.45, 2.75) is 19.4 Å². The van der Waals surface area contributed by atoms with Crippen LogP contribution in [0.1, 0.15) is 13.3 Å². The van der Waals surface area contributed by atoms with Gasteiger partial charge in [0.05, 0.1) is 18.1 Å². The fourth-order valence-electron chi connectivity index (χ4n) is 2.49. The lowest BCUT2D eigenvalue weighted by atomic mass is 10.0.